The fourth-order valence-electron chi connectivity index (χ4n) is 2.92. The van der Waals surface area contributed by atoms with E-state index in [1.807, 2.05) is 61.1 Å². The molecule has 6 nitrogen and oxygen atoms in total. The van der Waals surface area contributed by atoms with Gasteiger partial charge in [0.25, 0.3) is 5.78 Å². The second-order valence-electron chi connectivity index (χ2n) is 6.80. The number of rotatable bonds is 2. The molecular formula is C21H20N6. The van der Waals surface area contributed by atoms with Crippen LogP contribution in [0.4, 0.5) is 0 Å². The van der Waals surface area contributed by atoms with Crippen LogP contribution in [0.15, 0.2) is 42.6 Å². The molecule has 27 heavy (non-hydrogen) atoms. The molecular weight excluding hydrogens is 336 g/mol. The van der Waals surface area contributed by atoms with Gasteiger partial charge in [0.2, 0.25) is 5.82 Å². The first kappa shape index (κ1) is 17.0. The first-order valence-corrected chi connectivity index (χ1v) is 8.86. The molecule has 3 aromatic heterocycles. The van der Waals surface area contributed by atoms with Gasteiger partial charge in [-0.1, -0.05) is 44.2 Å². The highest BCUT2D eigenvalue weighted by Gasteiger charge is 2.11. The summed E-state index contributed by atoms with van der Waals surface area (Å²) in [5, 5.41) is 4.52. The number of fused-ring (bicyclic) bond motifs is 1. The molecule has 6 heteroatoms. The summed E-state index contributed by atoms with van der Waals surface area (Å²) < 4.78 is 3.68. The highest BCUT2D eigenvalue weighted by atomic mass is 15.3. The van der Waals surface area contributed by atoms with Crippen LogP contribution in [0.5, 0.6) is 0 Å². The van der Waals surface area contributed by atoms with Crippen LogP contribution >= 0.6 is 0 Å². The summed E-state index contributed by atoms with van der Waals surface area (Å²) in [6.45, 7) is 6.21. The number of nitrogens with zero attached hydrogens (tertiary/aromatic N) is 6. The molecule has 0 bridgehead atoms. The normalized spacial score (nSPS) is 11.0. The summed E-state index contributed by atoms with van der Waals surface area (Å²) in [5.74, 6) is 8.11. The van der Waals surface area contributed by atoms with Crippen molar-refractivity contribution in [2.75, 3.05) is 0 Å². The third-order valence-corrected chi connectivity index (χ3v) is 4.29. The van der Waals surface area contributed by atoms with Gasteiger partial charge in [-0.05, 0) is 30.7 Å². The number of hydrogen-bond acceptors (Lipinski definition) is 4. The van der Waals surface area contributed by atoms with Crippen molar-refractivity contribution in [3.05, 3.63) is 65.6 Å². The fourth-order valence-corrected chi connectivity index (χ4v) is 2.92. The van der Waals surface area contributed by atoms with Gasteiger partial charge in [-0.3, -0.25) is 0 Å². The van der Waals surface area contributed by atoms with Gasteiger partial charge in [0.15, 0.2) is 5.82 Å². The van der Waals surface area contributed by atoms with E-state index in [1.165, 1.54) is 0 Å². The maximum absolute atomic E-state index is 4.62. The highest BCUT2D eigenvalue weighted by Crippen LogP contribution is 2.18. The van der Waals surface area contributed by atoms with Crippen molar-refractivity contribution in [2.24, 2.45) is 7.05 Å². The number of aromatic nitrogens is 6. The van der Waals surface area contributed by atoms with Crippen molar-refractivity contribution < 1.29 is 0 Å². The van der Waals surface area contributed by atoms with E-state index in [4.69, 9.17) is 0 Å². The minimum Gasteiger partial charge on any atom is -0.327 e. The Labute approximate surface area is 157 Å². The lowest BCUT2D eigenvalue weighted by Gasteiger charge is -2.07. The van der Waals surface area contributed by atoms with Gasteiger partial charge in [0.05, 0.1) is 11.4 Å². The molecule has 0 aliphatic heterocycles. The maximum Gasteiger partial charge on any atom is 0.253 e. The lowest BCUT2D eigenvalue weighted by molar-refractivity contribution is 0.743. The molecule has 4 rings (SSSR count). The average molecular weight is 356 g/mol. The van der Waals surface area contributed by atoms with Crippen LogP contribution in [0, 0.1) is 18.8 Å². The first-order chi connectivity index (χ1) is 13.0. The second kappa shape index (κ2) is 6.69. The SMILES string of the molecule is Cc1cc(C(C)C)n2nc(C#Cc3nc(-c4ccccc4)cn3C)nc2n1. The van der Waals surface area contributed by atoms with Crippen molar-refractivity contribution in [3.63, 3.8) is 0 Å². The van der Waals surface area contributed by atoms with Gasteiger partial charge in [-0.2, -0.15) is 9.50 Å². The summed E-state index contributed by atoms with van der Waals surface area (Å²) >= 11 is 0. The Bertz CT molecular complexity index is 1170. The molecule has 0 saturated heterocycles. The number of aryl methyl sites for hydroxylation is 2. The van der Waals surface area contributed by atoms with Crippen molar-refractivity contribution in [2.45, 2.75) is 26.7 Å². The molecule has 0 unspecified atom stereocenters. The Kier molecular flexibility index (Phi) is 4.21. The van der Waals surface area contributed by atoms with Crippen LogP contribution in [0.25, 0.3) is 17.0 Å². The molecule has 0 aliphatic rings. The minimum absolute atomic E-state index is 0.319. The van der Waals surface area contributed by atoms with E-state index in [0.717, 1.165) is 22.6 Å². The third-order valence-electron chi connectivity index (χ3n) is 4.29. The maximum atomic E-state index is 4.62. The third kappa shape index (κ3) is 3.32. The quantitative estimate of drug-likeness (QED) is 0.517. The van der Waals surface area contributed by atoms with Gasteiger partial charge in [0.1, 0.15) is 0 Å². The van der Waals surface area contributed by atoms with Gasteiger partial charge in [0, 0.05) is 24.5 Å². The van der Waals surface area contributed by atoms with Gasteiger partial charge >= 0.3 is 0 Å². The smallest absolute Gasteiger partial charge is 0.253 e. The minimum atomic E-state index is 0.319. The standard InChI is InChI=1S/C21H20N6/c1-14(2)18-12-15(3)22-21-24-19(25-27(18)21)10-11-20-23-17(13-26(20)4)16-8-6-5-7-9-16/h5-9,12-14H,1-4H3. The Hall–Kier alpha value is -3.46. The number of hydrogen-bond donors (Lipinski definition) is 0. The number of benzene rings is 1. The molecule has 0 aliphatic carbocycles. The Morgan fingerprint density at radius 1 is 1.00 bits per heavy atom. The molecule has 0 fully saturated rings. The molecule has 0 atom stereocenters. The average Bonchev–Trinajstić information content (AvgIpc) is 3.22. The summed E-state index contributed by atoms with van der Waals surface area (Å²) in [5.41, 5.74) is 3.95. The molecule has 0 spiro atoms. The predicted octanol–water partition coefficient (Wildman–Crippen LogP) is 3.36. The van der Waals surface area contributed by atoms with Crippen LogP contribution < -0.4 is 0 Å². The van der Waals surface area contributed by atoms with Crippen molar-refractivity contribution in [3.8, 4) is 23.1 Å². The van der Waals surface area contributed by atoms with E-state index >= 15 is 0 Å². The molecule has 1 aromatic carbocycles. The molecule has 0 amide bonds. The van der Waals surface area contributed by atoms with E-state index < -0.39 is 0 Å². The van der Waals surface area contributed by atoms with Gasteiger partial charge < -0.3 is 4.57 Å². The van der Waals surface area contributed by atoms with E-state index in [9.17, 15) is 0 Å². The zero-order valence-electron chi connectivity index (χ0n) is 15.8. The first-order valence-electron chi connectivity index (χ1n) is 8.86. The van der Waals surface area contributed by atoms with Crippen LogP contribution in [0.3, 0.4) is 0 Å². The van der Waals surface area contributed by atoms with E-state index in [2.05, 4.69) is 45.7 Å². The van der Waals surface area contributed by atoms with E-state index in [-0.39, 0.29) is 0 Å². The van der Waals surface area contributed by atoms with Crippen LogP contribution in [-0.2, 0) is 7.05 Å². The summed E-state index contributed by atoms with van der Waals surface area (Å²) in [4.78, 5) is 13.5. The zero-order chi connectivity index (χ0) is 19.0. The van der Waals surface area contributed by atoms with Crippen molar-refractivity contribution >= 4 is 5.78 Å². The molecule has 134 valence electrons. The number of imidazole rings is 1. The topological polar surface area (TPSA) is 60.9 Å². The second-order valence-corrected chi connectivity index (χ2v) is 6.80. The predicted molar refractivity (Wildman–Crippen MR) is 104 cm³/mol. The lowest BCUT2D eigenvalue weighted by Crippen LogP contribution is -2.03. The van der Waals surface area contributed by atoms with Crippen LogP contribution in [0.1, 0.15) is 42.8 Å². The Morgan fingerprint density at radius 2 is 1.78 bits per heavy atom. The van der Waals surface area contributed by atoms with E-state index in [0.29, 0.717) is 23.3 Å². The van der Waals surface area contributed by atoms with Crippen molar-refractivity contribution in [1.82, 2.24) is 29.1 Å². The summed E-state index contributed by atoms with van der Waals surface area (Å²) in [6.07, 6.45) is 1.97. The largest absolute Gasteiger partial charge is 0.327 e. The van der Waals surface area contributed by atoms with Gasteiger partial charge in [-0.15, -0.1) is 5.10 Å². The fraction of sp³-hybridized carbons (Fsp3) is 0.238. The van der Waals surface area contributed by atoms with E-state index in [1.54, 1.807) is 4.52 Å². The van der Waals surface area contributed by atoms with Crippen LogP contribution in [-0.4, -0.2) is 29.1 Å². The Morgan fingerprint density at radius 3 is 2.52 bits per heavy atom. The highest BCUT2D eigenvalue weighted by molar-refractivity contribution is 5.59. The monoisotopic (exact) mass is 356 g/mol. The molecule has 4 aromatic rings. The summed E-state index contributed by atoms with van der Waals surface area (Å²) in [7, 11) is 1.93. The molecule has 3 heterocycles. The molecule has 0 N–H and O–H groups in total. The zero-order valence-corrected chi connectivity index (χ0v) is 15.8. The Balaban J connectivity index is 1.71. The molecule has 0 radical (unpaired) electrons. The summed E-state index contributed by atoms with van der Waals surface area (Å²) in [6, 6.07) is 12.1. The van der Waals surface area contributed by atoms with Gasteiger partial charge in [-0.25, -0.2) is 9.97 Å². The van der Waals surface area contributed by atoms with Crippen molar-refractivity contribution in [1.29, 1.82) is 0 Å². The van der Waals surface area contributed by atoms with Crippen LogP contribution in [0.2, 0.25) is 0 Å². The lowest BCUT2D eigenvalue weighted by atomic mass is 10.1. The molecule has 0 saturated carbocycles.